The maximum absolute atomic E-state index is 12.0. The first kappa shape index (κ1) is 18.6. The van der Waals surface area contributed by atoms with Crippen LogP contribution in [-0.2, 0) is 0 Å². The van der Waals surface area contributed by atoms with Crippen molar-refractivity contribution in [3.8, 4) is 0 Å². The summed E-state index contributed by atoms with van der Waals surface area (Å²) in [5.74, 6) is -0.624. The molecule has 0 radical (unpaired) electrons. The van der Waals surface area contributed by atoms with Gasteiger partial charge in [0.2, 0.25) is 0 Å². The lowest BCUT2D eigenvalue weighted by Crippen LogP contribution is -2.40. The Bertz CT molecular complexity index is 1150. The molecule has 0 spiro atoms. The summed E-state index contributed by atoms with van der Waals surface area (Å²) in [7, 11) is 0. The molecule has 2 heterocycles. The maximum Gasteiger partial charge on any atom is 0.335 e. The van der Waals surface area contributed by atoms with Gasteiger partial charge >= 0.3 is 11.4 Å². The Hall–Kier alpha value is -3.75. The molecule has 1 aromatic carbocycles. The third-order valence-electron chi connectivity index (χ3n) is 3.38. The van der Waals surface area contributed by atoms with Gasteiger partial charge in [-0.05, 0) is 26.0 Å². The smallest absolute Gasteiger partial charge is 0.314 e. The van der Waals surface area contributed by atoms with Gasteiger partial charge in [0, 0.05) is 29.1 Å². The van der Waals surface area contributed by atoms with Gasteiger partial charge in [-0.1, -0.05) is 18.2 Å². The van der Waals surface area contributed by atoms with Gasteiger partial charge in [-0.2, -0.15) is 4.57 Å². The Labute approximate surface area is 146 Å². The first-order valence-corrected chi connectivity index (χ1v) is 7.51. The summed E-state index contributed by atoms with van der Waals surface area (Å²) < 4.78 is 0.602. The van der Waals surface area contributed by atoms with Gasteiger partial charge in [-0.3, -0.25) is 19.4 Å². The molecular weight excluding hydrogens is 340 g/mol. The highest BCUT2D eigenvalue weighted by molar-refractivity contribution is 5.95. The van der Waals surface area contributed by atoms with Gasteiger partial charge < -0.3 is 9.97 Å². The number of H-pyrrole nitrogens is 3. The Morgan fingerprint density at radius 2 is 1.50 bits per heavy atom. The molecule has 3 N–H and O–H groups in total. The van der Waals surface area contributed by atoms with E-state index < -0.39 is 22.8 Å². The van der Waals surface area contributed by atoms with Crippen molar-refractivity contribution in [3.05, 3.63) is 101 Å². The van der Waals surface area contributed by atoms with Crippen molar-refractivity contribution in [1.82, 2.24) is 19.5 Å². The van der Waals surface area contributed by atoms with Gasteiger partial charge in [0.1, 0.15) is 0 Å². The van der Waals surface area contributed by atoms with Crippen LogP contribution >= 0.6 is 0 Å². The molecular formula is C17H16N4O5. The fraction of sp³-hybridized carbons (Fsp3) is 0.118. The van der Waals surface area contributed by atoms with E-state index in [2.05, 4.69) is 15.0 Å². The number of benzene rings is 1. The van der Waals surface area contributed by atoms with E-state index in [1.54, 1.807) is 37.3 Å². The SMILES string of the molecule is Cc1c[nH]c(=O)[nH]c1=O.Cc1c[nH]c(=O)n(C(=O)c2ccccc2)c1=O. The zero-order valence-electron chi connectivity index (χ0n) is 14.0. The fourth-order valence-electron chi connectivity index (χ4n) is 1.94. The monoisotopic (exact) mass is 356 g/mol. The van der Waals surface area contributed by atoms with Crippen LogP contribution in [0.2, 0.25) is 0 Å². The van der Waals surface area contributed by atoms with Crippen LogP contribution in [0.4, 0.5) is 0 Å². The van der Waals surface area contributed by atoms with E-state index in [1.165, 1.54) is 19.3 Å². The van der Waals surface area contributed by atoms with Crippen LogP contribution in [0.3, 0.4) is 0 Å². The number of aromatic amines is 3. The molecule has 0 unspecified atom stereocenters. The molecule has 0 amide bonds. The van der Waals surface area contributed by atoms with Crippen molar-refractivity contribution >= 4 is 5.91 Å². The molecule has 0 saturated carbocycles. The predicted molar refractivity (Wildman–Crippen MR) is 94.7 cm³/mol. The molecule has 2 aromatic heterocycles. The average Bonchev–Trinajstić information content (AvgIpc) is 2.63. The Morgan fingerprint density at radius 1 is 0.885 bits per heavy atom. The number of hydrogen-bond donors (Lipinski definition) is 3. The van der Waals surface area contributed by atoms with E-state index in [0.29, 0.717) is 21.3 Å². The van der Waals surface area contributed by atoms with Gasteiger partial charge in [0.25, 0.3) is 17.0 Å². The molecule has 9 nitrogen and oxygen atoms in total. The molecule has 0 atom stereocenters. The molecule has 0 aliphatic heterocycles. The van der Waals surface area contributed by atoms with E-state index in [0.717, 1.165) is 0 Å². The first-order valence-electron chi connectivity index (χ1n) is 7.51. The van der Waals surface area contributed by atoms with Crippen molar-refractivity contribution in [1.29, 1.82) is 0 Å². The van der Waals surface area contributed by atoms with E-state index in [9.17, 15) is 24.0 Å². The first-order chi connectivity index (χ1) is 12.3. The van der Waals surface area contributed by atoms with Crippen LogP contribution in [0.15, 0.2) is 61.9 Å². The zero-order chi connectivity index (χ0) is 19.3. The molecule has 0 aliphatic rings. The number of carbonyl (C=O) groups is 1. The highest BCUT2D eigenvalue weighted by Crippen LogP contribution is 1.99. The predicted octanol–water partition coefficient (Wildman–Crippen LogP) is -0.0949. The molecule has 0 bridgehead atoms. The summed E-state index contributed by atoms with van der Waals surface area (Å²) in [6.45, 7) is 3.15. The molecule has 0 fully saturated rings. The topological polar surface area (TPSA) is 138 Å². The van der Waals surface area contributed by atoms with Crippen LogP contribution in [0.25, 0.3) is 0 Å². The normalized spacial score (nSPS) is 9.92. The van der Waals surface area contributed by atoms with Crippen LogP contribution in [-0.4, -0.2) is 25.4 Å². The third kappa shape index (κ3) is 4.20. The highest BCUT2D eigenvalue weighted by Gasteiger charge is 2.14. The van der Waals surface area contributed by atoms with E-state index >= 15 is 0 Å². The minimum Gasteiger partial charge on any atom is -0.314 e. The summed E-state index contributed by atoms with van der Waals surface area (Å²) in [6, 6.07) is 8.19. The third-order valence-corrected chi connectivity index (χ3v) is 3.38. The van der Waals surface area contributed by atoms with Crippen molar-refractivity contribution in [2.45, 2.75) is 13.8 Å². The molecule has 134 valence electrons. The zero-order valence-corrected chi connectivity index (χ0v) is 14.0. The minimum absolute atomic E-state index is 0.297. The van der Waals surface area contributed by atoms with Crippen LogP contribution in [0, 0.1) is 13.8 Å². The van der Waals surface area contributed by atoms with E-state index in [-0.39, 0.29) is 5.56 Å². The van der Waals surface area contributed by atoms with Gasteiger partial charge in [-0.15, -0.1) is 0 Å². The van der Waals surface area contributed by atoms with Gasteiger partial charge in [-0.25, -0.2) is 9.59 Å². The maximum atomic E-state index is 12.0. The van der Waals surface area contributed by atoms with E-state index in [4.69, 9.17) is 0 Å². The molecule has 9 heteroatoms. The van der Waals surface area contributed by atoms with Crippen LogP contribution < -0.4 is 22.5 Å². The Balaban J connectivity index is 0.000000228. The average molecular weight is 356 g/mol. The lowest BCUT2D eigenvalue weighted by molar-refractivity contribution is 0.0950. The number of aryl methyl sites for hydroxylation is 2. The van der Waals surface area contributed by atoms with Crippen molar-refractivity contribution in [2.24, 2.45) is 0 Å². The number of nitrogens with one attached hydrogen (secondary N) is 3. The summed E-state index contributed by atoms with van der Waals surface area (Å²) in [4.78, 5) is 62.8. The number of rotatable bonds is 1. The second kappa shape index (κ2) is 7.88. The molecule has 0 saturated heterocycles. The van der Waals surface area contributed by atoms with Crippen LogP contribution in [0.1, 0.15) is 21.5 Å². The summed E-state index contributed by atoms with van der Waals surface area (Å²) in [5, 5.41) is 0. The standard InChI is InChI=1S/C12H10N2O3.C5H6N2O2/c1-8-7-13-12(17)14(10(8)15)11(16)9-5-3-2-4-6-9;1-3-2-6-5(9)7-4(3)8/h2-7H,1H3,(H,13,17);2H,1H3,(H2,6,7,8,9). The molecule has 26 heavy (non-hydrogen) atoms. The Morgan fingerprint density at radius 3 is 2.08 bits per heavy atom. The lowest BCUT2D eigenvalue weighted by Gasteiger charge is -2.03. The summed E-state index contributed by atoms with van der Waals surface area (Å²) in [6.07, 6.45) is 2.67. The second-order valence-corrected chi connectivity index (χ2v) is 5.34. The second-order valence-electron chi connectivity index (χ2n) is 5.34. The summed E-state index contributed by atoms with van der Waals surface area (Å²) in [5.41, 5.74) is -1.00. The Kier molecular flexibility index (Phi) is 5.63. The largest absolute Gasteiger partial charge is 0.335 e. The number of aromatic nitrogens is 4. The van der Waals surface area contributed by atoms with Crippen molar-refractivity contribution in [3.63, 3.8) is 0 Å². The van der Waals surface area contributed by atoms with Crippen molar-refractivity contribution < 1.29 is 4.79 Å². The lowest BCUT2D eigenvalue weighted by atomic mass is 10.2. The highest BCUT2D eigenvalue weighted by atomic mass is 16.2. The fourth-order valence-corrected chi connectivity index (χ4v) is 1.94. The quantitative estimate of drug-likeness (QED) is 0.559. The van der Waals surface area contributed by atoms with Crippen LogP contribution in [0.5, 0.6) is 0 Å². The molecule has 0 aliphatic carbocycles. The summed E-state index contributed by atoms with van der Waals surface area (Å²) >= 11 is 0. The minimum atomic E-state index is -0.727. The molecule has 3 aromatic rings. The number of hydrogen-bond acceptors (Lipinski definition) is 5. The van der Waals surface area contributed by atoms with Gasteiger partial charge in [0.15, 0.2) is 0 Å². The molecule has 3 rings (SSSR count). The van der Waals surface area contributed by atoms with E-state index in [1.807, 2.05) is 0 Å². The number of nitrogens with zero attached hydrogens (tertiary/aromatic N) is 1. The number of carbonyl (C=O) groups excluding carboxylic acids is 1. The van der Waals surface area contributed by atoms with Crippen molar-refractivity contribution in [2.75, 3.05) is 0 Å². The van der Waals surface area contributed by atoms with Gasteiger partial charge in [0.05, 0.1) is 0 Å².